The number of rotatable bonds is 6. The van der Waals surface area contributed by atoms with Gasteiger partial charge in [0.1, 0.15) is 0 Å². The molecule has 1 heterocycles. The fourth-order valence-corrected chi connectivity index (χ4v) is 3.04. The molecule has 3 heteroatoms. The number of carbonyl (C=O) groups excluding carboxylic acids is 1. The number of hydrogen-bond acceptors (Lipinski definition) is 1. The van der Waals surface area contributed by atoms with Crippen LogP contribution in [-0.4, -0.2) is 10.5 Å². The van der Waals surface area contributed by atoms with Crippen LogP contribution in [0.2, 0.25) is 0 Å². The molecule has 2 N–H and O–H groups in total. The van der Waals surface area contributed by atoms with Gasteiger partial charge in [-0.2, -0.15) is 0 Å². The van der Waals surface area contributed by atoms with Crippen molar-refractivity contribution in [3.63, 3.8) is 0 Å². The molecule has 3 nitrogen and oxygen atoms in total. The molecule has 0 radical (unpaired) electrons. The number of amides is 1. The summed E-state index contributed by atoms with van der Waals surface area (Å²) in [7, 11) is 0. The highest BCUT2D eigenvalue weighted by Crippen LogP contribution is 2.33. The summed E-state index contributed by atoms with van der Waals surface area (Å²) >= 11 is 0. The van der Waals surface area contributed by atoms with Crippen LogP contribution in [0.3, 0.4) is 0 Å². The number of nitrogens with two attached hydrogens (primary N) is 1. The lowest BCUT2D eigenvalue weighted by molar-refractivity contribution is 0.1000. The number of benzene rings is 1. The molecule has 112 valence electrons. The van der Waals surface area contributed by atoms with E-state index in [1.807, 2.05) is 25.1 Å². The first-order chi connectivity index (χ1) is 10.1. The van der Waals surface area contributed by atoms with E-state index >= 15 is 0 Å². The highest BCUT2D eigenvalue weighted by molar-refractivity contribution is 6.02. The molecule has 0 bridgehead atoms. The molecule has 0 spiro atoms. The molecule has 0 aliphatic heterocycles. The molecule has 0 saturated carbocycles. The summed E-state index contributed by atoms with van der Waals surface area (Å²) in [6.07, 6.45) is 3.04. The van der Waals surface area contributed by atoms with Gasteiger partial charge in [0.15, 0.2) is 0 Å². The zero-order chi connectivity index (χ0) is 15.4. The fraction of sp³-hybridized carbons (Fsp3) is 0.389. The van der Waals surface area contributed by atoms with Crippen LogP contribution in [0.15, 0.2) is 30.3 Å². The Bertz CT molecular complexity index is 626. The Morgan fingerprint density at radius 1 is 1.14 bits per heavy atom. The van der Waals surface area contributed by atoms with Crippen molar-refractivity contribution in [3.8, 4) is 11.1 Å². The molecule has 1 amide bonds. The molecule has 0 aliphatic rings. The smallest absolute Gasteiger partial charge is 0.251 e. The first-order valence-corrected chi connectivity index (χ1v) is 7.68. The Kier molecular flexibility index (Phi) is 4.84. The lowest BCUT2D eigenvalue weighted by Gasteiger charge is -2.11. The first kappa shape index (κ1) is 15.4. The maximum atomic E-state index is 12.0. The van der Waals surface area contributed by atoms with Gasteiger partial charge in [0.2, 0.25) is 0 Å². The minimum absolute atomic E-state index is 0.335. The maximum absolute atomic E-state index is 12.0. The molecule has 2 aromatic rings. The van der Waals surface area contributed by atoms with Gasteiger partial charge in [-0.25, -0.2) is 0 Å². The predicted molar refractivity (Wildman–Crippen MR) is 87.4 cm³/mol. The molecule has 2 rings (SSSR count). The minimum atomic E-state index is -0.335. The lowest BCUT2D eigenvalue weighted by Crippen LogP contribution is -2.13. The summed E-state index contributed by atoms with van der Waals surface area (Å²) in [6, 6.07) is 10.1. The van der Waals surface area contributed by atoms with Crippen LogP contribution >= 0.6 is 0 Å². The zero-order valence-corrected chi connectivity index (χ0v) is 13.1. The molecule has 21 heavy (non-hydrogen) atoms. The van der Waals surface area contributed by atoms with Crippen LogP contribution in [0.4, 0.5) is 0 Å². The fourth-order valence-electron chi connectivity index (χ4n) is 3.04. The normalized spacial score (nSPS) is 10.8. The SMILES string of the molecule is CCCc1c(-c2ccccc2)c(C(N)=O)c(C)n1CCC. The second-order valence-electron chi connectivity index (χ2n) is 5.41. The number of nitrogens with zero attached hydrogens (tertiary/aromatic N) is 1. The van der Waals surface area contributed by atoms with E-state index in [4.69, 9.17) is 5.73 Å². The summed E-state index contributed by atoms with van der Waals surface area (Å²) < 4.78 is 2.27. The van der Waals surface area contributed by atoms with Crippen LogP contribution in [0.5, 0.6) is 0 Å². The lowest BCUT2D eigenvalue weighted by atomic mass is 9.98. The Labute approximate surface area is 126 Å². The van der Waals surface area contributed by atoms with E-state index in [1.165, 1.54) is 5.69 Å². The van der Waals surface area contributed by atoms with Gasteiger partial charge in [-0.15, -0.1) is 0 Å². The largest absolute Gasteiger partial charge is 0.366 e. The Morgan fingerprint density at radius 2 is 1.81 bits per heavy atom. The summed E-state index contributed by atoms with van der Waals surface area (Å²) in [5.74, 6) is -0.335. The number of hydrogen-bond donors (Lipinski definition) is 1. The van der Waals surface area contributed by atoms with Gasteiger partial charge >= 0.3 is 0 Å². The van der Waals surface area contributed by atoms with Crippen LogP contribution < -0.4 is 5.73 Å². The molecule has 0 atom stereocenters. The number of aromatic nitrogens is 1. The predicted octanol–water partition coefficient (Wildman–Crippen LogP) is 3.92. The monoisotopic (exact) mass is 284 g/mol. The summed E-state index contributed by atoms with van der Waals surface area (Å²) in [5, 5.41) is 0. The van der Waals surface area contributed by atoms with Crippen molar-refractivity contribution in [3.05, 3.63) is 47.3 Å². The van der Waals surface area contributed by atoms with E-state index in [0.29, 0.717) is 5.56 Å². The summed E-state index contributed by atoms with van der Waals surface area (Å²) in [5.41, 5.74) is 10.7. The molecule has 0 fully saturated rings. The highest BCUT2D eigenvalue weighted by atomic mass is 16.1. The molecule has 0 aliphatic carbocycles. The summed E-state index contributed by atoms with van der Waals surface area (Å²) in [4.78, 5) is 12.0. The van der Waals surface area contributed by atoms with Crippen molar-refractivity contribution in [1.29, 1.82) is 0 Å². The van der Waals surface area contributed by atoms with E-state index in [1.54, 1.807) is 0 Å². The van der Waals surface area contributed by atoms with Crippen LogP contribution in [-0.2, 0) is 13.0 Å². The third-order valence-corrected chi connectivity index (χ3v) is 3.87. The molecule has 0 unspecified atom stereocenters. The average Bonchev–Trinajstić information content (AvgIpc) is 2.74. The van der Waals surface area contributed by atoms with Crippen LogP contribution in [0.1, 0.15) is 48.4 Å². The van der Waals surface area contributed by atoms with Crippen molar-refractivity contribution in [2.24, 2.45) is 5.73 Å². The summed E-state index contributed by atoms with van der Waals surface area (Å²) in [6.45, 7) is 7.24. The second-order valence-corrected chi connectivity index (χ2v) is 5.41. The average molecular weight is 284 g/mol. The number of primary amides is 1. The van der Waals surface area contributed by atoms with Gasteiger partial charge in [0, 0.05) is 23.5 Å². The van der Waals surface area contributed by atoms with E-state index in [2.05, 4.69) is 30.5 Å². The standard InChI is InChI=1S/C18H24N2O/c1-4-9-15-17(14-10-7-6-8-11-14)16(18(19)21)13(3)20(15)12-5-2/h6-8,10-11H,4-5,9,12H2,1-3H3,(H2,19,21). The molecule has 1 aromatic carbocycles. The van der Waals surface area contributed by atoms with E-state index in [-0.39, 0.29) is 5.91 Å². The van der Waals surface area contributed by atoms with Gasteiger partial charge < -0.3 is 10.3 Å². The Hall–Kier alpha value is -2.03. The third kappa shape index (κ3) is 2.87. The molecular formula is C18H24N2O. The van der Waals surface area contributed by atoms with E-state index < -0.39 is 0 Å². The minimum Gasteiger partial charge on any atom is -0.366 e. The van der Waals surface area contributed by atoms with Crippen LogP contribution in [0.25, 0.3) is 11.1 Å². The van der Waals surface area contributed by atoms with E-state index in [0.717, 1.165) is 42.6 Å². The quantitative estimate of drug-likeness (QED) is 0.858. The highest BCUT2D eigenvalue weighted by Gasteiger charge is 2.23. The van der Waals surface area contributed by atoms with Crippen molar-refractivity contribution in [2.75, 3.05) is 0 Å². The van der Waals surface area contributed by atoms with Crippen molar-refractivity contribution < 1.29 is 4.79 Å². The second kappa shape index (κ2) is 6.61. The maximum Gasteiger partial charge on any atom is 0.251 e. The number of carbonyl (C=O) groups is 1. The van der Waals surface area contributed by atoms with Gasteiger partial charge in [-0.1, -0.05) is 50.6 Å². The van der Waals surface area contributed by atoms with Gasteiger partial charge in [-0.3, -0.25) is 4.79 Å². The molecular weight excluding hydrogens is 260 g/mol. The molecule has 1 aromatic heterocycles. The van der Waals surface area contributed by atoms with Crippen LogP contribution in [0, 0.1) is 6.92 Å². The molecule has 0 saturated heterocycles. The topological polar surface area (TPSA) is 48.0 Å². The van der Waals surface area contributed by atoms with Gasteiger partial charge in [0.05, 0.1) is 5.56 Å². The van der Waals surface area contributed by atoms with E-state index in [9.17, 15) is 4.79 Å². The van der Waals surface area contributed by atoms with Gasteiger partial charge in [0.25, 0.3) is 5.91 Å². The van der Waals surface area contributed by atoms with Crippen molar-refractivity contribution in [2.45, 2.75) is 46.6 Å². The van der Waals surface area contributed by atoms with Gasteiger partial charge in [-0.05, 0) is 25.3 Å². The first-order valence-electron chi connectivity index (χ1n) is 7.68. The Balaban J connectivity index is 2.75. The third-order valence-electron chi connectivity index (χ3n) is 3.87. The zero-order valence-electron chi connectivity index (χ0n) is 13.1. The van der Waals surface area contributed by atoms with Crippen molar-refractivity contribution >= 4 is 5.91 Å². The Morgan fingerprint density at radius 3 is 2.33 bits per heavy atom. The van der Waals surface area contributed by atoms with Crippen molar-refractivity contribution in [1.82, 2.24) is 4.57 Å².